The Hall–Kier alpha value is -4.26. The quantitative estimate of drug-likeness (QED) is 0.135. The van der Waals surface area contributed by atoms with Gasteiger partial charge in [-0.3, -0.25) is 9.59 Å². The maximum absolute atomic E-state index is 14.1. The lowest BCUT2D eigenvalue weighted by Crippen LogP contribution is -2.24. The Morgan fingerprint density at radius 2 is 1.76 bits per heavy atom. The number of benzene rings is 4. The fraction of sp³-hybridized carbons (Fsp3) is 0.129. The van der Waals surface area contributed by atoms with Crippen LogP contribution in [0.5, 0.6) is 5.75 Å². The number of fused-ring (bicyclic) bond motifs is 1. The zero-order valence-corrected chi connectivity index (χ0v) is 26.4. The number of halogens is 6. The Balaban J connectivity index is 1.40. The Morgan fingerprint density at radius 3 is 2.47 bits per heavy atom. The van der Waals surface area contributed by atoms with Crippen molar-refractivity contribution in [2.45, 2.75) is 13.0 Å². The van der Waals surface area contributed by atoms with Crippen molar-refractivity contribution in [2.75, 3.05) is 17.2 Å². The minimum absolute atomic E-state index is 0.00970. The maximum Gasteiger partial charge on any atom is 0.272 e. The summed E-state index contributed by atoms with van der Waals surface area (Å²) >= 11 is 15.8. The number of nitrogens with zero attached hydrogens (tertiary/aromatic N) is 2. The molecule has 8 nitrogen and oxygen atoms in total. The summed E-state index contributed by atoms with van der Waals surface area (Å²) in [7, 11) is 1.69. The Kier molecular flexibility index (Phi) is 9.86. The molecule has 0 bridgehead atoms. The number of aryl methyl sites for hydroxylation is 1. The van der Waals surface area contributed by atoms with Crippen LogP contribution < -0.4 is 20.7 Å². The SMILES string of the molecule is Cn1c(Nc2cc(CNC(=O)c3c(F)cccc3Cl)ccc2Cl)nc2cc(C(=O)Nc3ccc(Br)cc3)c(OCC(F)F)cc21. The molecule has 0 aliphatic carbocycles. The molecule has 3 N–H and O–H groups in total. The van der Waals surface area contributed by atoms with E-state index >= 15 is 0 Å². The second-order valence-electron chi connectivity index (χ2n) is 9.71. The van der Waals surface area contributed by atoms with Crippen LogP contribution in [0.1, 0.15) is 26.3 Å². The first-order valence-electron chi connectivity index (χ1n) is 13.3. The molecule has 1 heterocycles. The van der Waals surface area contributed by atoms with E-state index in [1.54, 1.807) is 54.1 Å². The molecule has 1 aromatic heterocycles. The van der Waals surface area contributed by atoms with Gasteiger partial charge in [-0.15, -0.1) is 0 Å². The number of aromatic nitrogens is 2. The molecule has 0 spiro atoms. The van der Waals surface area contributed by atoms with Gasteiger partial charge in [-0.2, -0.15) is 0 Å². The summed E-state index contributed by atoms with van der Waals surface area (Å²) < 4.78 is 48.0. The Bertz CT molecular complexity index is 1880. The number of nitrogens with one attached hydrogen (secondary N) is 3. The van der Waals surface area contributed by atoms with Crippen molar-refractivity contribution in [2.24, 2.45) is 7.05 Å². The molecule has 0 radical (unpaired) electrons. The number of carbonyl (C=O) groups is 2. The van der Waals surface area contributed by atoms with Gasteiger partial charge in [-0.05, 0) is 60.2 Å². The normalized spacial score (nSPS) is 11.1. The van der Waals surface area contributed by atoms with Gasteiger partial charge in [-0.1, -0.05) is 51.3 Å². The van der Waals surface area contributed by atoms with Crippen molar-refractivity contribution in [1.29, 1.82) is 0 Å². The van der Waals surface area contributed by atoms with Crippen molar-refractivity contribution in [1.82, 2.24) is 14.9 Å². The van der Waals surface area contributed by atoms with Gasteiger partial charge in [0.2, 0.25) is 5.95 Å². The highest BCUT2D eigenvalue weighted by atomic mass is 79.9. The number of amides is 2. The summed E-state index contributed by atoms with van der Waals surface area (Å²) in [6.07, 6.45) is -2.75. The summed E-state index contributed by atoms with van der Waals surface area (Å²) in [5, 5.41) is 8.84. The first-order chi connectivity index (χ1) is 21.5. The lowest BCUT2D eigenvalue weighted by Gasteiger charge is -2.13. The van der Waals surface area contributed by atoms with Crippen molar-refractivity contribution in [3.05, 3.63) is 110 Å². The van der Waals surface area contributed by atoms with Crippen LogP contribution in [0.15, 0.2) is 77.3 Å². The lowest BCUT2D eigenvalue weighted by molar-refractivity contribution is 0.0804. The van der Waals surface area contributed by atoms with E-state index < -0.39 is 30.7 Å². The van der Waals surface area contributed by atoms with E-state index in [-0.39, 0.29) is 28.4 Å². The predicted molar refractivity (Wildman–Crippen MR) is 172 cm³/mol. The first kappa shape index (κ1) is 32.1. The number of ether oxygens (including phenoxy) is 1. The fourth-order valence-corrected chi connectivity index (χ4v) is 5.07. The number of carbonyl (C=O) groups excluding carboxylic acids is 2. The summed E-state index contributed by atoms with van der Waals surface area (Å²) in [5.41, 5.74) is 2.20. The van der Waals surface area contributed by atoms with Gasteiger partial charge < -0.3 is 25.3 Å². The van der Waals surface area contributed by atoms with Gasteiger partial charge in [0.1, 0.15) is 18.2 Å². The van der Waals surface area contributed by atoms with Gasteiger partial charge in [0, 0.05) is 29.8 Å². The highest BCUT2D eigenvalue weighted by Gasteiger charge is 2.20. The predicted octanol–water partition coefficient (Wildman–Crippen LogP) is 8.35. The summed E-state index contributed by atoms with van der Waals surface area (Å²) in [6, 6.07) is 18.7. The van der Waals surface area contributed by atoms with E-state index in [0.717, 1.165) is 10.5 Å². The topological polar surface area (TPSA) is 97.3 Å². The van der Waals surface area contributed by atoms with E-state index in [1.165, 1.54) is 24.3 Å². The molecule has 2 amide bonds. The zero-order chi connectivity index (χ0) is 32.2. The molecule has 5 rings (SSSR count). The average Bonchev–Trinajstić information content (AvgIpc) is 3.30. The summed E-state index contributed by atoms with van der Waals surface area (Å²) in [6.45, 7) is -0.866. The van der Waals surface area contributed by atoms with Gasteiger partial charge >= 0.3 is 0 Å². The van der Waals surface area contributed by atoms with Gasteiger partial charge in [0.25, 0.3) is 18.2 Å². The minimum atomic E-state index is -2.75. The zero-order valence-electron chi connectivity index (χ0n) is 23.3. The largest absolute Gasteiger partial charge is 0.487 e. The van der Waals surface area contributed by atoms with E-state index in [4.69, 9.17) is 27.9 Å². The van der Waals surface area contributed by atoms with Crippen LogP contribution in [0.25, 0.3) is 11.0 Å². The van der Waals surface area contributed by atoms with Crippen molar-refractivity contribution in [3.63, 3.8) is 0 Å². The van der Waals surface area contributed by atoms with E-state index in [0.29, 0.717) is 38.9 Å². The molecule has 4 aromatic carbocycles. The molecule has 0 aliphatic rings. The number of alkyl halides is 2. The standard InChI is InChI=1S/C31H23BrCl2F3N5O3/c1-42-25-13-26(45-15-27(36)37)19(29(43)39-18-8-6-17(32)7-9-18)12-24(25)41-31(42)40-23-11-16(5-10-20(23)33)14-38-30(44)28-21(34)3-2-4-22(28)35/h2-13,27H,14-15H2,1H3,(H,38,44)(H,39,43)(H,40,41). The third kappa shape index (κ3) is 7.52. The average molecular weight is 721 g/mol. The molecule has 0 unspecified atom stereocenters. The van der Waals surface area contributed by atoms with E-state index in [2.05, 4.69) is 36.9 Å². The molecule has 45 heavy (non-hydrogen) atoms. The van der Waals surface area contributed by atoms with Crippen LogP contribution in [-0.4, -0.2) is 34.4 Å². The van der Waals surface area contributed by atoms with E-state index in [1.807, 2.05) is 0 Å². The van der Waals surface area contributed by atoms with Crippen LogP contribution in [0.3, 0.4) is 0 Å². The molecule has 0 aliphatic heterocycles. The van der Waals surface area contributed by atoms with Crippen molar-refractivity contribution < 1.29 is 27.5 Å². The fourth-order valence-electron chi connectivity index (χ4n) is 4.40. The lowest BCUT2D eigenvalue weighted by atomic mass is 10.1. The molecule has 0 atom stereocenters. The van der Waals surface area contributed by atoms with Gasteiger partial charge in [0.05, 0.1) is 37.9 Å². The van der Waals surface area contributed by atoms with Crippen LogP contribution in [0, 0.1) is 5.82 Å². The number of hydrogen-bond donors (Lipinski definition) is 3. The molecule has 0 saturated carbocycles. The molecular formula is C31H23BrCl2F3N5O3. The van der Waals surface area contributed by atoms with Crippen LogP contribution in [0.2, 0.25) is 10.0 Å². The Morgan fingerprint density at radius 1 is 1.00 bits per heavy atom. The number of imidazole rings is 1. The molecule has 0 saturated heterocycles. The van der Waals surface area contributed by atoms with Crippen molar-refractivity contribution >= 4 is 79.3 Å². The molecule has 232 valence electrons. The number of anilines is 3. The summed E-state index contributed by atoms with van der Waals surface area (Å²) in [4.78, 5) is 30.4. The second kappa shape index (κ2) is 13.8. The van der Waals surface area contributed by atoms with Crippen LogP contribution in [0.4, 0.5) is 30.5 Å². The van der Waals surface area contributed by atoms with Crippen molar-refractivity contribution in [3.8, 4) is 5.75 Å². The molecule has 14 heteroatoms. The highest BCUT2D eigenvalue weighted by molar-refractivity contribution is 9.10. The van der Waals surface area contributed by atoms with Crippen LogP contribution >= 0.6 is 39.1 Å². The third-order valence-corrected chi connectivity index (χ3v) is 7.79. The minimum Gasteiger partial charge on any atom is -0.487 e. The smallest absolute Gasteiger partial charge is 0.272 e. The van der Waals surface area contributed by atoms with E-state index in [9.17, 15) is 22.8 Å². The molecule has 5 aromatic rings. The first-order valence-corrected chi connectivity index (χ1v) is 14.8. The maximum atomic E-state index is 14.1. The monoisotopic (exact) mass is 719 g/mol. The number of rotatable bonds is 10. The molecule has 0 fully saturated rings. The second-order valence-corrected chi connectivity index (χ2v) is 11.4. The highest BCUT2D eigenvalue weighted by Crippen LogP contribution is 2.32. The van der Waals surface area contributed by atoms with Crippen LogP contribution in [-0.2, 0) is 13.6 Å². The van der Waals surface area contributed by atoms with Gasteiger partial charge in [-0.25, -0.2) is 18.2 Å². The third-order valence-electron chi connectivity index (χ3n) is 6.61. The van der Waals surface area contributed by atoms with Gasteiger partial charge in [0.15, 0.2) is 0 Å². The Labute approximate surface area is 273 Å². The summed E-state index contributed by atoms with van der Waals surface area (Å²) in [5.74, 6) is -1.72. The number of hydrogen-bond acceptors (Lipinski definition) is 5. The molecular weight excluding hydrogens is 698 g/mol.